The van der Waals surface area contributed by atoms with Gasteiger partial charge >= 0.3 is 0 Å². The molecular formula is C17H22N2O3S. The number of aryl methyl sites for hydroxylation is 1. The summed E-state index contributed by atoms with van der Waals surface area (Å²) in [6.07, 6.45) is 0.797. The molecule has 0 aliphatic rings. The molecule has 1 aromatic carbocycles. The number of thiazole rings is 1. The molecule has 124 valence electrons. The third kappa shape index (κ3) is 4.77. The number of hydrogen-bond donors (Lipinski definition) is 1. The summed E-state index contributed by atoms with van der Waals surface area (Å²) in [5.74, 6) is 0.758. The van der Waals surface area contributed by atoms with E-state index in [-0.39, 0.29) is 5.91 Å². The molecule has 1 N–H and O–H groups in total. The van der Waals surface area contributed by atoms with Gasteiger partial charge in [0.15, 0.2) is 0 Å². The lowest BCUT2D eigenvalue weighted by molar-refractivity contribution is 0.0952. The van der Waals surface area contributed by atoms with Crippen LogP contribution in [0.1, 0.15) is 28.7 Å². The molecule has 1 amide bonds. The molecule has 2 rings (SSSR count). The zero-order valence-corrected chi connectivity index (χ0v) is 14.5. The number of carbonyl (C=O) groups excluding carboxylic acids is 1. The summed E-state index contributed by atoms with van der Waals surface area (Å²) in [5, 5.41) is 3.74. The molecule has 0 radical (unpaired) electrons. The molecule has 0 spiro atoms. The second-order valence-corrected chi connectivity index (χ2v) is 5.99. The lowest BCUT2D eigenvalue weighted by Gasteiger charge is -2.03. The summed E-state index contributed by atoms with van der Waals surface area (Å²) in [7, 11) is 1.65. The van der Waals surface area contributed by atoms with E-state index >= 15 is 0 Å². The predicted octanol–water partition coefficient (Wildman–Crippen LogP) is 3.28. The van der Waals surface area contributed by atoms with Gasteiger partial charge in [0.1, 0.15) is 15.6 Å². The van der Waals surface area contributed by atoms with Gasteiger partial charge in [0, 0.05) is 25.8 Å². The van der Waals surface area contributed by atoms with Gasteiger partial charge in [-0.1, -0.05) is 0 Å². The van der Waals surface area contributed by atoms with Crippen molar-refractivity contribution in [2.24, 2.45) is 0 Å². The molecule has 0 aliphatic carbocycles. The number of rotatable bonds is 8. The van der Waals surface area contributed by atoms with Gasteiger partial charge in [-0.15, -0.1) is 11.3 Å². The smallest absolute Gasteiger partial charge is 0.263 e. The van der Waals surface area contributed by atoms with Crippen LogP contribution in [0.15, 0.2) is 24.3 Å². The maximum atomic E-state index is 12.2. The van der Waals surface area contributed by atoms with E-state index in [9.17, 15) is 4.79 Å². The third-order valence-corrected chi connectivity index (χ3v) is 4.43. The van der Waals surface area contributed by atoms with Crippen LogP contribution >= 0.6 is 11.3 Å². The first-order valence-electron chi connectivity index (χ1n) is 7.63. The van der Waals surface area contributed by atoms with Crippen molar-refractivity contribution in [2.45, 2.75) is 20.3 Å². The number of methoxy groups -OCH3 is 1. The first-order valence-corrected chi connectivity index (χ1v) is 8.45. The van der Waals surface area contributed by atoms with Crippen LogP contribution in [0.5, 0.6) is 5.75 Å². The van der Waals surface area contributed by atoms with Gasteiger partial charge in [0.2, 0.25) is 0 Å². The molecule has 0 fully saturated rings. The van der Waals surface area contributed by atoms with Crippen molar-refractivity contribution >= 4 is 17.2 Å². The first kappa shape index (κ1) is 17.4. The van der Waals surface area contributed by atoms with E-state index in [1.165, 1.54) is 11.3 Å². The van der Waals surface area contributed by atoms with Crippen molar-refractivity contribution in [2.75, 3.05) is 26.9 Å². The van der Waals surface area contributed by atoms with Gasteiger partial charge in [0.05, 0.1) is 12.3 Å². The fourth-order valence-corrected chi connectivity index (χ4v) is 3.08. The Morgan fingerprint density at radius 3 is 2.70 bits per heavy atom. The molecule has 0 saturated heterocycles. The van der Waals surface area contributed by atoms with E-state index in [1.54, 1.807) is 7.11 Å². The Labute approximate surface area is 140 Å². The minimum atomic E-state index is -0.0757. The zero-order valence-electron chi connectivity index (χ0n) is 13.7. The van der Waals surface area contributed by atoms with Crippen LogP contribution in [0.4, 0.5) is 0 Å². The lowest BCUT2D eigenvalue weighted by Crippen LogP contribution is -2.24. The van der Waals surface area contributed by atoms with Crippen LogP contribution in [-0.4, -0.2) is 37.8 Å². The highest BCUT2D eigenvalue weighted by molar-refractivity contribution is 7.17. The molecule has 5 nitrogen and oxygen atoms in total. The average molecular weight is 334 g/mol. The molecule has 0 atom stereocenters. The number of aromatic nitrogens is 1. The van der Waals surface area contributed by atoms with Crippen LogP contribution in [0.2, 0.25) is 0 Å². The van der Waals surface area contributed by atoms with Crippen molar-refractivity contribution in [1.82, 2.24) is 10.3 Å². The highest BCUT2D eigenvalue weighted by Crippen LogP contribution is 2.29. The maximum Gasteiger partial charge on any atom is 0.263 e. The van der Waals surface area contributed by atoms with Gasteiger partial charge in [-0.25, -0.2) is 4.98 Å². The Morgan fingerprint density at radius 2 is 2.04 bits per heavy atom. The SMILES string of the molecule is CCOc1ccc(-c2nc(C)c(C(=O)NCCCOC)s2)cc1. The molecule has 0 bridgehead atoms. The van der Waals surface area contributed by atoms with Gasteiger partial charge in [0.25, 0.3) is 5.91 Å². The van der Waals surface area contributed by atoms with Crippen LogP contribution in [-0.2, 0) is 4.74 Å². The Hall–Kier alpha value is -1.92. The van der Waals surface area contributed by atoms with Gasteiger partial charge in [-0.05, 0) is 44.5 Å². The number of benzene rings is 1. The Morgan fingerprint density at radius 1 is 1.30 bits per heavy atom. The van der Waals surface area contributed by atoms with E-state index in [2.05, 4.69) is 10.3 Å². The Bertz CT molecular complexity index is 638. The number of carbonyl (C=O) groups is 1. The number of nitrogens with zero attached hydrogens (tertiary/aromatic N) is 1. The fraction of sp³-hybridized carbons (Fsp3) is 0.412. The Kier molecular flexibility index (Phi) is 6.55. The van der Waals surface area contributed by atoms with Crippen LogP contribution in [0.3, 0.4) is 0 Å². The highest BCUT2D eigenvalue weighted by atomic mass is 32.1. The van der Waals surface area contributed by atoms with Crippen molar-refractivity contribution in [3.05, 3.63) is 34.8 Å². The summed E-state index contributed by atoms with van der Waals surface area (Å²) < 4.78 is 10.4. The number of ether oxygens (including phenoxy) is 2. The zero-order chi connectivity index (χ0) is 16.7. The summed E-state index contributed by atoms with van der Waals surface area (Å²) >= 11 is 1.41. The summed E-state index contributed by atoms with van der Waals surface area (Å²) in [6.45, 7) is 5.69. The van der Waals surface area contributed by atoms with Gasteiger partial charge in [-0.3, -0.25) is 4.79 Å². The second kappa shape index (κ2) is 8.64. The molecule has 0 unspecified atom stereocenters. The minimum absolute atomic E-state index is 0.0757. The molecule has 6 heteroatoms. The molecule has 1 heterocycles. The fourth-order valence-electron chi connectivity index (χ4n) is 2.09. The molecule has 0 aliphatic heterocycles. The summed E-state index contributed by atoms with van der Waals surface area (Å²) in [4.78, 5) is 17.4. The van der Waals surface area contributed by atoms with Crippen LogP contribution in [0, 0.1) is 6.92 Å². The van der Waals surface area contributed by atoms with Gasteiger partial charge in [-0.2, -0.15) is 0 Å². The molecule has 23 heavy (non-hydrogen) atoms. The average Bonchev–Trinajstić information content (AvgIpc) is 2.94. The quantitative estimate of drug-likeness (QED) is 0.753. The number of hydrogen-bond acceptors (Lipinski definition) is 5. The predicted molar refractivity (Wildman–Crippen MR) is 92.3 cm³/mol. The van der Waals surface area contributed by atoms with Crippen molar-refractivity contribution < 1.29 is 14.3 Å². The molecular weight excluding hydrogens is 312 g/mol. The van der Waals surface area contributed by atoms with Gasteiger partial charge < -0.3 is 14.8 Å². The maximum absolute atomic E-state index is 12.2. The normalized spacial score (nSPS) is 10.6. The van der Waals surface area contributed by atoms with Crippen molar-refractivity contribution in [3.8, 4) is 16.3 Å². The summed E-state index contributed by atoms with van der Waals surface area (Å²) in [5.41, 5.74) is 1.74. The molecule has 2 aromatic rings. The van der Waals surface area contributed by atoms with Crippen molar-refractivity contribution in [1.29, 1.82) is 0 Å². The minimum Gasteiger partial charge on any atom is -0.494 e. The molecule has 1 aromatic heterocycles. The monoisotopic (exact) mass is 334 g/mol. The second-order valence-electron chi connectivity index (χ2n) is 4.99. The van der Waals surface area contributed by atoms with E-state index < -0.39 is 0 Å². The van der Waals surface area contributed by atoms with Crippen LogP contribution < -0.4 is 10.1 Å². The van der Waals surface area contributed by atoms with E-state index in [4.69, 9.17) is 9.47 Å². The topological polar surface area (TPSA) is 60.5 Å². The highest BCUT2D eigenvalue weighted by Gasteiger charge is 2.15. The summed E-state index contributed by atoms with van der Waals surface area (Å²) in [6, 6.07) is 7.76. The Balaban J connectivity index is 2.06. The number of nitrogens with one attached hydrogen (secondary N) is 1. The third-order valence-electron chi connectivity index (χ3n) is 3.23. The first-order chi connectivity index (χ1) is 11.2. The van der Waals surface area contributed by atoms with E-state index in [1.807, 2.05) is 38.1 Å². The number of amides is 1. The molecule has 0 saturated carbocycles. The standard InChI is InChI=1S/C17H22N2O3S/c1-4-22-14-8-6-13(7-9-14)17-19-12(2)15(23-17)16(20)18-10-5-11-21-3/h6-9H,4-5,10-11H2,1-3H3,(H,18,20). The largest absolute Gasteiger partial charge is 0.494 e. The lowest BCUT2D eigenvalue weighted by atomic mass is 10.2. The van der Waals surface area contributed by atoms with E-state index in [0.29, 0.717) is 24.6 Å². The van der Waals surface area contributed by atoms with Crippen LogP contribution in [0.25, 0.3) is 10.6 Å². The van der Waals surface area contributed by atoms with Crippen molar-refractivity contribution in [3.63, 3.8) is 0 Å². The van der Waals surface area contributed by atoms with E-state index in [0.717, 1.165) is 28.4 Å².